The molecule has 1 unspecified atom stereocenters. The number of ether oxygens (including phenoxy) is 3. The van der Waals surface area contributed by atoms with Crippen LogP contribution in [-0.4, -0.2) is 26.9 Å². The predicted molar refractivity (Wildman–Crippen MR) is 102 cm³/mol. The lowest BCUT2D eigenvalue weighted by molar-refractivity contribution is 0.248. The highest BCUT2D eigenvalue weighted by Gasteiger charge is 2.16. The number of amides is 2. The van der Waals surface area contributed by atoms with Crippen molar-refractivity contribution in [1.82, 2.24) is 5.32 Å². The maximum atomic E-state index is 12.4. The van der Waals surface area contributed by atoms with Crippen molar-refractivity contribution in [2.45, 2.75) is 26.3 Å². The number of carbonyl (C=O) groups excluding carboxylic acids is 1. The lowest BCUT2D eigenvalue weighted by atomic mass is 10.1. The normalized spacial score (nSPS) is 11.4. The Kier molecular flexibility index (Phi) is 7.14. The number of anilines is 1. The first-order valence-electron chi connectivity index (χ1n) is 8.60. The van der Waals surface area contributed by atoms with E-state index in [2.05, 4.69) is 10.6 Å². The summed E-state index contributed by atoms with van der Waals surface area (Å²) in [6, 6.07) is 12.2. The molecule has 2 N–H and O–H groups in total. The third-order valence-electron chi connectivity index (χ3n) is 3.85. The van der Waals surface area contributed by atoms with E-state index in [0.717, 1.165) is 12.0 Å². The fraction of sp³-hybridized carbons (Fsp3) is 0.350. The first-order valence-corrected chi connectivity index (χ1v) is 8.60. The summed E-state index contributed by atoms with van der Waals surface area (Å²) in [4.78, 5) is 12.4. The summed E-state index contributed by atoms with van der Waals surface area (Å²) in [5.41, 5.74) is 1.46. The molecule has 0 saturated carbocycles. The van der Waals surface area contributed by atoms with Gasteiger partial charge in [0.1, 0.15) is 17.2 Å². The zero-order chi connectivity index (χ0) is 18.9. The maximum Gasteiger partial charge on any atom is 0.319 e. The van der Waals surface area contributed by atoms with Gasteiger partial charge in [-0.1, -0.05) is 19.1 Å². The van der Waals surface area contributed by atoms with Crippen LogP contribution in [0.3, 0.4) is 0 Å². The van der Waals surface area contributed by atoms with E-state index in [1.54, 1.807) is 20.3 Å². The summed E-state index contributed by atoms with van der Waals surface area (Å²) >= 11 is 0. The fourth-order valence-electron chi connectivity index (χ4n) is 2.52. The van der Waals surface area contributed by atoms with Gasteiger partial charge in [0.25, 0.3) is 0 Å². The summed E-state index contributed by atoms with van der Waals surface area (Å²) < 4.78 is 16.3. The predicted octanol–water partition coefficient (Wildman–Crippen LogP) is 4.38. The monoisotopic (exact) mass is 358 g/mol. The SMILES string of the molecule is CCCOc1ccccc1NC(=O)NC(C)c1cc(OC)ccc1OC. The number of methoxy groups -OCH3 is 2. The van der Waals surface area contributed by atoms with Gasteiger partial charge in [-0.05, 0) is 43.7 Å². The molecule has 0 bridgehead atoms. The Morgan fingerprint density at radius 1 is 1.08 bits per heavy atom. The van der Waals surface area contributed by atoms with Crippen LogP contribution < -0.4 is 24.8 Å². The van der Waals surface area contributed by atoms with E-state index in [-0.39, 0.29) is 12.1 Å². The zero-order valence-corrected chi connectivity index (χ0v) is 15.7. The van der Waals surface area contributed by atoms with E-state index in [1.165, 1.54) is 0 Å². The Morgan fingerprint density at radius 3 is 2.54 bits per heavy atom. The Hall–Kier alpha value is -2.89. The van der Waals surface area contributed by atoms with Gasteiger partial charge in [-0.25, -0.2) is 4.79 Å². The first-order chi connectivity index (χ1) is 12.6. The van der Waals surface area contributed by atoms with Crippen molar-refractivity contribution in [3.8, 4) is 17.2 Å². The number of urea groups is 1. The number of hydrogen-bond acceptors (Lipinski definition) is 4. The number of hydrogen-bond donors (Lipinski definition) is 2. The standard InChI is InChI=1S/C20H26N2O4/c1-5-12-26-19-9-7-6-8-17(19)22-20(23)21-14(2)16-13-15(24-3)10-11-18(16)25-4/h6-11,13-14H,5,12H2,1-4H3,(H2,21,22,23). The number of para-hydroxylation sites is 2. The highest BCUT2D eigenvalue weighted by atomic mass is 16.5. The van der Waals surface area contributed by atoms with Crippen molar-refractivity contribution in [3.05, 3.63) is 48.0 Å². The zero-order valence-electron chi connectivity index (χ0n) is 15.7. The van der Waals surface area contributed by atoms with Crippen molar-refractivity contribution >= 4 is 11.7 Å². The molecule has 0 aliphatic carbocycles. The van der Waals surface area contributed by atoms with Crippen molar-refractivity contribution in [2.75, 3.05) is 26.1 Å². The van der Waals surface area contributed by atoms with Crippen LogP contribution in [0.1, 0.15) is 31.9 Å². The molecule has 0 fully saturated rings. The van der Waals surface area contributed by atoms with Crippen LogP contribution >= 0.6 is 0 Å². The molecule has 26 heavy (non-hydrogen) atoms. The molecular formula is C20H26N2O4. The topological polar surface area (TPSA) is 68.8 Å². The molecule has 2 rings (SSSR count). The van der Waals surface area contributed by atoms with Gasteiger partial charge in [0.2, 0.25) is 0 Å². The molecular weight excluding hydrogens is 332 g/mol. The van der Waals surface area contributed by atoms with Crippen LogP contribution in [0.2, 0.25) is 0 Å². The van der Waals surface area contributed by atoms with Crippen molar-refractivity contribution in [2.24, 2.45) is 0 Å². The molecule has 0 saturated heterocycles. The molecule has 140 valence electrons. The molecule has 1 atom stereocenters. The molecule has 6 heteroatoms. The summed E-state index contributed by atoms with van der Waals surface area (Å²) in [6.07, 6.45) is 0.896. The van der Waals surface area contributed by atoms with Gasteiger partial charge in [0, 0.05) is 5.56 Å². The van der Waals surface area contributed by atoms with E-state index in [4.69, 9.17) is 14.2 Å². The number of benzene rings is 2. The summed E-state index contributed by atoms with van der Waals surface area (Å²) in [6.45, 7) is 4.51. The molecule has 2 amide bonds. The van der Waals surface area contributed by atoms with E-state index < -0.39 is 0 Å². The van der Waals surface area contributed by atoms with Gasteiger partial charge >= 0.3 is 6.03 Å². The Labute approximate surface area is 154 Å². The van der Waals surface area contributed by atoms with Crippen LogP contribution in [0.15, 0.2) is 42.5 Å². The summed E-state index contributed by atoms with van der Waals surface area (Å²) in [5.74, 6) is 2.04. The minimum absolute atomic E-state index is 0.274. The van der Waals surface area contributed by atoms with E-state index in [9.17, 15) is 4.79 Å². The van der Waals surface area contributed by atoms with Gasteiger partial charge < -0.3 is 24.8 Å². The second-order valence-electron chi connectivity index (χ2n) is 5.77. The van der Waals surface area contributed by atoms with Crippen molar-refractivity contribution in [1.29, 1.82) is 0 Å². The van der Waals surface area contributed by atoms with Crippen LogP contribution in [-0.2, 0) is 0 Å². The fourth-order valence-corrected chi connectivity index (χ4v) is 2.52. The molecule has 0 radical (unpaired) electrons. The molecule has 0 aromatic heterocycles. The molecule has 0 aliphatic heterocycles. The molecule has 0 spiro atoms. The second kappa shape index (κ2) is 9.56. The van der Waals surface area contributed by atoms with Gasteiger partial charge in [-0.15, -0.1) is 0 Å². The van der Waals surface area contributed by atoms with Gasteiger partial charge in [-0.3, -0.25) is 0 Å². The van der Waals surface area contributed by atoms with Crippen molar-refractivity contribution in [3.63, 3.8) is 0 Å². The maximum absolute atomic E-state index is 12.4. The highest BCUT2D eigenvalue weighted by molar-refractivity contribution is 5.91. The smallest absolute Gasteiger partial charge is 0.319 e. The minimum Gasteiger partial charge on any atom is -0.497 e. The van der Waals surface area contributed by atoms with E-state index >= 15 is 0 Å². The Balaban J connectivity index is 2.08. The first kappa shape index (κ1) is 19.4. The van der Waals surface area contributed by atoms with Crippen LogP contribution in [0.4, 0.5) is 10.5 Å². The number of carbonyl (C=O) groups is 1. The van der Waals surface area contributed by atoms with Crippen molar-refractivity contribution < 1.29 is 19.0 Å². The molecule has 6 nitrogen and oxygen atoms in total. The van der Waals surface area contributed by atoms with E-state index in [0.29, 0.717) is 29.5 Å². The van der Waals surface area contributed by atoms with Gasteiger partial charge in [0.05, 0.1) is 32.6 Å². The lowest BCUT2D eigenvalue weighted by Crippen LogP contribution is -2.31. The number of rotatable bonds is 8. The average Bonchev–Trinajstić information content (AvgIpc) is 2.66. The highest BCUT2D eigenvalue weighted by Crippen LogP contribution is 2.29. The summed E-state index contributed by atoms with van der Waals surface area (Å²) in [5, 5.41) is 5.75. The molecule has 0 aliphatic rings. The number of nitrogens with one attached hydrogen (secondary N) is 2. The quantitative estimate of drug-likeness (QED) is 0.735. The van der Waals surface area contributed by atoms with Crippen LogP contribution in [0.5, 0.6) is 17.2 Å². The lowest BCUT2D eigenvalue weighted by Gasteiger charge is -2.19. The van der Waals surface area contributed by atoms with Crippen LogP contribution in [0.25, 0.3) is 0 Å². The minimum atomic E-state index is -0.324. The Morgan fingerprint density at radius 2 is 1.85 bits per heavy atom. The van der Waals surface area contributed by atoms with Gasteiger partial charge in [0.15, 0.2) is 0 Å². The average molecular weight is 358 g/mol. The summed E-state index contributed by atoms with van der Waals surface area (Å²) in [7, 11) is 3.20. The molecule has 2 aromatic carbocycles. The van der Waals surface area contributed by atoms with Crippen LogP contribution in [0, 0.1) is 0 Å². The molecule has 2 aromatic rings. The third-order valence-corrected chi connectivity index (χ3v) is 3.85. The molecule has 0 heterocycles. The largest absolute Gasteiger partial charge is 0.497 e. The third kappa shape index (κ3) is 5.05. The Bertz CT molecular complexity index is 734. The van der Waals surface area contributed by atoms with E-state index in [1.807, 2.05) is 50.2 Å². The van der Waals surface area contributed by atoms with Gasteiger partial charge in [-0.2, -0.15) is 0 Å². The second-order valence-corrected chi connectivity index (χ2v) is 5.77.